The molecule has 5 nitrogen and oxygen atoms in total. The maximum Gasteiger partial charge on any atom is 0.157 e. The summed E-state index contributed by atoms with van der Waals surface area (Å²) in [5.74, 6) is 0.393. The molecule has 0 aliphatic rings. The molecule has 166 valence electrons. The van der Waals surface area contributed by atoms with Gasteiger partial charge >= 0.3 is 0 Å². The number of hydrogen-bond acceptors (Lipinski definition) is 5. The van der Waals surface area contributed by atoms with E-state index >= 15 is 0 Å². The lowest BCUT2D eigenvalue weighted by molar-refractivity contribution is -0.119. The monoisotopic (exact) mass is 424 g/mol. The van der Waals surface area contributed by atoms with Crippen LogP contribution < -0.4 is 4.74 Å². The number of Topliss-reactive ketones (excluding diaryl/α,β-unsaturated/α-hetero) is 1. The second-order valence-corrected chi connectivity index (χ2v) is 8.45. The van der Waals surface area contributed by atoms with E-state index < -0.39 is 12.2 Å². The van der Waals surface area contributed by atoms with Gasteiger partial charge in [-0.1, -0.05) is 56.8 Å². The van der Waals surface area contributed by atoms with Gasteiger partial charge in [0.05, 0.1) is 12.2 Å². The molecule has 0 heterocycles. The average Bonchev–Trinajstić information content (AvgIpc) is 2.72. The summed E-state index contributed by atoms with van der Waals surface area (Å²) in [4.78, 5) is 22.4. The van der Waals surface area contributed by atoms with E-state index in [1.165, 1.54) is 13.0 Å². The molecule has 2 rings (SSSR count). The zero-order valence-electron chi connectivity index (χ0n) is 18.5. The number of hydrogen-bond donors (Lipinski definition) is 2. The van der Waals surface area contributed by atoms with Crippen LogP contribution in [-0.4, -0.2) is 40.6 Å². The predicted molar refractivity (Wildman–Crippen MR) is 121 cm³/mol. The minimum atomic E-state index is -0.867. The summed E-state index contributed by atoms with van der Waals surface area (Å²) >= 11 is 0. The van der Waals surface area contributed by atoms with Crippen LogP contribution in [0.4, 0.5) is 0 Å². The highest BCUT2D eigenvalue weighted by molar-refractivity contribution is 5.89. The minimum absolute atomic E-state index is 0.00358. The summed E-state index contributed by atoms with van der Waals surface area (Å²) in [5, 5.41) is 19.8. The predicted octanol–water partition coefficient (Wildman–Crippen LogP) is 3.78. The zero-order valence-corrected chi connectivity index (χ0v) is 18.5. The first-order valence-electron chi connectivity index (χ1n) is 10.5. The lowest BCUT2D eigenvalue weighted by atomic mass is 9.78. The van der Waals surface area contributed by atoms with Crippen LogP contribution in [0.3, 0.4) is 0 Å². The molecule has 5 heteroatoms. The first-order chi connectivity index (χ1) is 14.6. The molecule has 0 saturated carbocycles. The van der Waals surface area contributed by atoms with E-state index in [2.05, 4.69) is 20.4 Å². The summed E-state index contributed by atoms with van der Waals surface area (Å²) in [7, 11) is 0. The van der Waals surface area contributed by atoms with Crippen molar-refractivity contribution < 1.29 is 24.5 Å². The van der Waals surface area contributed by atoms with E-state index in [-0.39, 0.29) is 36.4 Å². The highest BCUT2D eigenvalue weighted by Crippen LogP contribution is 2.32. The summed E-state index contributed by atoms with van der Waals surface area (Å²) in [6, 6.07) is 15.8. The molecule has 0 radical (unpaired) electrons. The first-order valence-corrected chi connectivity index (χ1v) is 10.5. The van der Waals surface area contributed by atoms with E-state index in [0.717, 1.165) is 16.7 Å². The average molecular weight is 425 g/mol. The summed E-state index contributed by atoms with van der Waals surface area (Å²) in [5.41, 5.74) is 2.98. The van der Waals surface area contributed by atoms with Crippen molar-refractivity contribution in [3.63, 3.8) is 0 Å². The molecule has 31 heavy (non-hydrogen) atoms. The quantitative estimate of drug-likeness (QED) is 0.507. The van der Waals surface area contributed by atoms with Gasteiger partial charge in [0.15, 0.2) is 5.78 Å². The van der Waals surface area contributed by atoms with Crippen molar-refractivity contribution in [3.05, 3.63) is 77.9 Å². The number of ketones is 2. The Balaban J connectivity index is 2.00. The van der Waals surface area contributed by atoms with Gasteiger partial charge in [-0.05, 0) is 48.2 Å². The molecular formula is C26H32O5. The summed E-state index contributed by atoms with van der Waals surface area (Å²) < 4.78 is 5.58. The highest BCUT2D eigenvalue weighted by atomic mass is 16.5. The van der Waals surface area contributed by atoms with Crippen molar-refractivity contribution in [2.45, 2.75) is 57.7 Å². The van der Waals surface area contributed by atoms with Gasteiger partial charge in [-0.3, -0.25) is 9.59 Å². The lowest BCUT2D eigenvalue weighted by Crippen LogP contribution is -2.21. The number of carbonyl (C=O) groups is 2. The molecule has 0 aliphatic carbocycles. The Morgan fingerprint density at radius 3 is 2.03 bits per heavy atom. The zero-order chi connectivity index (χ0) is 23.0. The molecule has 0 fully saturated rings. The Morgan fingerprint density at radius 1 is 0.968 bits per heavy atom. The van der Waals surface area contributed by atoms with Crippen molar-refractivity contribution in [1.29, 1.82) is 0 Å². The van der Waals surface area contributed by atoms with Crippen molar-refractivity contribution >= 4 is 11.6 Å². The fourth-order valence-electron chi connectivity index (χ4n) is 3.43. The number of aliphatic hydroxyl groups excluding tert-OH is 2. The van der Waals surface area contributed by atoms with Crippen LogP contribution in [0.1, 0.15) is 50.3 Å². The minimum Gasteiger partial charge on any atom is -0.491 e. The van der Waals surface area contributed by atoms with Gasteiger partial charge in [0.1, 0.15) is 18.1 Å². The molecule has 0 saturated heterocycles. The second kappa shape index (κ2) is 11.0. The Labute approximate surface area is 184 Å². The first kappa shape index (κ1) is 24.5. The van der Waals surface area contributed by atoms with Gasteiger partial charge < -0.3 is 14.9 Å². The lowest BCUT2D eigenvalue weighted by Gasteiger charge is -2.26. The maximum atomic E-state index is 11.3. The Kier molecular flexibility index (Phi) is 8.72. The third-order valence-electron chi connectivity index (χ3n) is 5.35. The number of ether oxygens (including phenoxy) is 1. The second-order valence-electron chi connectivity index (χ2n) is 8.45. The SMILES string of the molecule is C=CC(=O)CC(O)COc1ccc(C(C)(C)c2ccc(CC(O)CC(C)=O)cc2)cc1. The number of carbonyl (C=O) groups excluding carboxylic acids is 2. The van der Waals surface area contributed by atoms with Gasteiger partial charge in [-0.15, -0.1) is 0 Å². The van der Waals surface area contributed by atoms with Gasteiger partial charge in [-0.2, -0.15) is 0 Å². The molecule has 2 unspecified atom stereocenters. The Hall–Kier alpha value is -2.76. The van der Waals surface area contributed by atoms with Crippen molar-refractivity contribution in [2.24, 2.45) is 0 Å². The third kappa shape index (κ3) is 7.46. The third-order valence-corrected chi connectivity index (χ3v) is 5.35. The molecule has 2 aromatic carbocycles. The molecule has 0 aromatic heterocycles. The van der Waals surface area contributed by atoms with E-state index in [0.29, 0.717) is 12.2 Å². The standard InChI is InChI=1S/C26H32O5/c1-5-22(28)16-24(30)17-31-25-12-10-21(11-13-25)26(3,4)20-8-6-19(7-9-20)15-23(29)14-18(2)27/h5-13,23-24,29-30H,1,14-17H2,2-4H3. The Morgan fingerprint density at radius 2 is 1.52 bits per heavy atom. The molecule has 0 amide bonds. The van der Waals surface area contributed by atoms with Gasteiger partial charge in [0, 0.05) is 18.3 Å². The molecular weight excluding hydrogens is 392 g/mol. The van der Waals surface area contributed by atoms with E-state index in [1.807, 2.05) is 48.5 Å². The Bertz CT molecular complexity index is 881. The van der Waals surface area contributed by atoms with Crippen molar-refractivity contribution in [3.8, 4) is 5.75 Å². The van der Waals surface area contributed by atoms with Gasteiger partial charge in [0.25, 0.3) is 0 Å². The molecule has 0 aliphatic heterocycles. The number of rotatable bonds is 12. The van der Waals surface area contributed by atoms with Crippen LogP contribution in [0.2, 0.25) is 0 Å². The molecule has 2 atom stereocenters. The summed E-state index contributed by atoms with van der Waals surface area (Å²) in [6.07, 6.45) is 0.295. The normalized spacial score (nSPS) is 13.3. The van der Waals surface area contributed by atoms with E-state index in [9.17, 15) is 19.8 Å². The molecule has 0 bridgehead atoms. The smallest absolute Gasteiger partial charge is 0.157 e. The number of aliphatic hydroxyl groups is 2. The molecule has 2 aromatic rings. The number of benzene rings is 2. The van der Waals surface area contributed by atoms with Crippen molar-refractivity contribution in [1.82, 2.24) is 0 Å². The van der Waals surface area contributed by atoms with Crippen LogP contribution >= 0.6 is 0 Å². The van der Waals surface area contributed by atoms with Crippen LogP contribution in [0.5, 0.6) is 5.75 Å². The van der Waals surface area contributed by atoms with E-state index in [4.69, 9.17) is 4.74 Å². The maximum absolute atomic E-state index is 11.3. The number of allylic oxidation sites excluding steroid dienone is 1. The van der Waals surface area contributed by atoms with Gasteiger partial charge in [-0.25, -0.2) is 0 Å². The summed E-state index contributed by atoms with van der Waals surface area (Å²) in [6.45, 7) is 9.18. The van der Waals surface area contributed by atoms with Crippen molar-refractivity contribution in [2.75, 3.05) is 6.61 Å². The fraction of sp³-hybridized carbons (Fsp3) is 0.385. The van der Waals surface area contributed by atoms with Crippen LogP contribution in [0, 0.1) is 0 Å². The van der Waals surface area contributed by atoms with E-state index in [1.54, 1.807) is 0 Å². The van der Waals surface area contributed by atoms with Gasteiger partial charge in [0.2, 0.25) is 0 Å². The fourth-order valence-corrected chi connectivity index (χ4v) is 3.43. The van der Waals surface area contributed by atoms with Crippen LogP contribution in [0.15, 0.2) is 61.2 Å². The highest BCUT2D eigenvalue weighted by Gasteiger charge is 2.23. The van der Waals surface area contributed by atoms with Crippen LogP contribution in [0.25, 0.3) is 0 Å². The van der Waals surface area contributed by atoms with Crippen LogP contribution in [-0.2, 0) is 21.4 Å². The molecule has 2 N–H and O–H groups in total. The largest absolute Gasteiger partial charge is 0.491 e. The molecule has 0 spiro atoms. The topological polar surface area (TPSA) is 83.8 Å².